The second-order valence-corrected chi connectivity index (χ2v) is 11.1. The van der Waals surface area contributed by atoms with Gasteiger partial charge in [-0.25, -0.2) is 0 Å². The van der Waals surface area contributed by atoms with E-state index < -0.39 is 8.07 Å². The van der Waals surface area contributed by atoms with Crippen LogP contribution in [0.1, 0.15) is 0 Å². The van der Waals surface area contributed by atoms with Gasteiger partial charge in [0.25, 0.3) is 0 Å². The van der Waals surface area contributed by atoms with E-state index >= 15 is 0 Å². The van der Waals surface area contributed by atoms with Crippen LogP contribution < -0.4 is 10.4 Å². The molecule has 0 saturated heterocycles. The Hall–Kier alpha value is -2.92. The van der Waals surface area contributed by atoms with Crippen molar-refractivity contribution in [3.8, 4) is 22.5 Å². The zero-order chi connectivity index (χ0) is 17.3. The van der Waals surface area contributed by atoms with Crippen molar-refractivity contribution in [3.05, 3.63) is 73.1 Å². The molecule has 4 rings (SSSR count). The molecule has 2 aromatic carbocycles. The normalized spacial score (nSPS) is 11.6. The fourth-order valence-electron chi connectivity index (χ4n) is 3.15. The third-order valence-corrected chi connectivity index (χ3v) is 8.30. The summed E-state index contributed by atoms with van der Waals surface area (Å²) in [5, 5.41) is 17.0. The van der Waals surface area contributed by atoms with E-state index in [1.165, 1.54) is 21.5 Å². The molecule has 0 unspecified atom stereocenters. The van der Waals surface area contributed by atoms with Crippen molar-refractivity contribution in [1.29, 1.82) is 0 Å². The number of H-pyrrole nitrogens is 2. The number of hydrogen-bond donors (Lipinski definition) is 2. The Kier molecular flexibility index (Phi) is 3.86. The molecule has 2 heterocycles. The highest BCUT2D eigenvalue weighted by Gasteiger charge is 2.26. The minimum Gasteiger partial charge on any atom is -0.278 e. The molecule has 0 amide bonds. The van der Waals surface area contributed by atoms with Crippen molar-refractivity contribution in [1.82, 2.24) is 20.4 Å². The Morgan fingerprint density at radius 3 is 1.56 bits per heavy atom. The lowest BCUT2D eigenvalue weighted by molar-refractivity contribution is 1.10. The van der Waals surface area contributed by atoms with Gasteiger partial charge in [-0.15, -0.1) is 0 Å². The predicted molar refractivity (Wildman–Crippen MR) is 105 cm³/mol. The predicted octanol–water partition coefficient (Wildman–Crippen LogP) is 3.29. The van der Waals surface area contributed by atoms with Crippen LogP contribution in [0, 0.1) is 0 Å². The molecule has 2 aromatic heterocycles. The number of aromatic nitrogens is 4. The maximum atomic E-state index is 4.07. The Bertz CT molecular complexity index is 893. The molecule has 0 aliphatic carbocycles. The highest BCUT2D eigenvalue weighted by molar-refractivity contribution is 7.00. The van der Waals surface area contributed by atoms with Gasteiger partial charge in [0.1, 0.15) is 8.07 Å². The molecule has 5 heteroatoms. The van der Waals surface area contributed by atoms with Crippen LogP contribution in [0.3, 0.4) is 0 Å². The first-order chi connectivity index (χ1) is 12.1. The summed E-state index contributed by atoms with van der Waals surface area (Å²) < 4.78 is 0. The maximum absolute atomic E-state index is 4.07. The van der Waals surface area contributed by atoms with Gasteiger partial charge in [-0.2, -0.15) is 10.2 Å². The smallest absolute Gasteiger partial charge is 0.112 e. The molecule has 4 aromatic rings. The van der Waals surface area contributed by atoms with Gasteiger partial charge in [0.2, 0.25) is 0 Å². The fourth-order valence-corrected chi connectivity index (χ4v) is 5.54. The minimum atomic E-state index is -1.81. The van der Waals surface area contributed by atoms with Crippen molar-refractivity contribution < 1.29 is 0 Å². The van der Waals surface area contributed by atoms with Crippen LogP contribution in [0.25, 0.3) is 22.5 Å². The van der Waals surface area contributed by atoms with E-state index in [-0.39, 0.29) is 0 Å². The Labute approximate surface area is 148 Å². The van der Waals surface area contributed by atoms with Crippen LogP contribution in [0.5, 0.6) is 0 Å². The molecule has 4 nitrogen and oxygen atoms in total. The van der Waals surface area contributed by atoms with Gasteiger partial charge >= 0.3 is 0 Å². The van der Waals surface area contributed by atoms with Gasteiger partial charge in [0, 0.05) is 12.4 Å². The third-order valence-electron chi connectivity index (χ3n) is 4.79. The van der Waals surface area contributed by atoms with E-state index in [4.69, 9.17) is 0 Å². The summed E-state index contributed by atoms with van der Waals surface area (Å²) in [5.74, 6) is 0. The molecule has 0 atom stereocenters. The second kappa shape index (κ2) is 6.18. The molecule has 0 aliphatic rings. The van der Waals surface area contributed by atoms with E-state index in [2.05, 4.69) is 82.0 Å². The highest BCUT2D eigenvalue weighted by Crippen LogP contribution is 2.18. The number of benzene rings is 2. The Balaban J connectivity index is 1.75. The molecule has 2 N–H and O–H groups in total. The van der Waals surface area contributed by atoms with Crippen molar-refractivity contribution in [2.24, 2.45) is 0 Å². The van der Waals surface area contributed by atoms with E-state index in [0.717, 1.165) is 11.4 Å². The highest BCUT2D eigenvalue weighted by atomic mass is 28.3. The van der Waals surface area contributed by atoms with Gasteiger partial charge < -0.3 is 0 Å². The van der Waals surface area contributed by atoms with Crippen LogP contribution in [0.2, 0.25) is 13.1 Å². The molecule has 0 saturated carbocycles. The van der Waals surface area contributed by atoms with Gasteiger partial charge in [0.05, 0.1) is 11.4 Å². The fraction of sp³-hybridized carbons (Fsp3) is 0.100. The van der Waals surface area contributed by atoms with E-state index in [1.807, 2.05) is 12.1 Å². The van der Waals surface area contributed by atoms with Crippen LogP contribution in [0.4, 0.5) is 0 Å². The summed E-state index contributed by atoms with van der Waals surface area (Å²) in [6, 6.07) is 21.6. The number of nitrogens with zero attached hydrogens (tertiary/aromatic N) is 2. The molecule has 124 valence electrons. The molecular weight excluding hydrogens is 324 g/mol. The van der Waals surface area contributed by atoms with Crippen LogP contribution in [-0.4, -0.2) is 28.5 Å². The van der Waals surface area contributed by atoms with E-state index in [0.29, 0.717) is 0 Å². The first kappa shape index (κ1) is 15.6. The largest absolute Gasteiger partial charge is 0.278 e. The maximum Gasteiger partial charge on any atom is 0.112 e. The lowest BCUT2D eigenvalue weighted by Crippen LogP contribution is -2.52. The van der Waals surface area contributed by atoms with E-state index in [9.17, 15) is 0 Å². The second-order valence-electron chi connectivity index (χ2n) is 6.73. The van der Waals surface area contributed by atoms with Crippen molar-refractivity contribution in [3.63, 3.8) is 0 Å². The monoisotopic (exact) mass is 344 g/mol. The molecule has 0 radical (unpaired) electrons. The van der Waals surface area contributed by atoms with Crippen molar-refractivity contribution in [2.75, 3.05) is 0 Å². The van der Waals surface area contributed by atoms with Crippen molar-refractivity contribution in [2.45, 2.75) is 13.1 Å². The van der Waals surface area contributed by atoms with E-state index in [1.54, 1.807) is 12.4 Å². The zero-order valence-corrected chi connectivity index (χ0v) is 15.3. The summed E-state index contributed by atoms with van der Waals surface area (Å²) >= 11 is 0. The summed E-state index contributed by atoms with van der Waals surface area (Å²) in [5.41, 5.74) is 4.47. The standard InChI is InChI=1S/C20H20N4Si/c1-25(2,17-7-3-5-15(13-17)19-9-11-21-23-19)18-8-4-6-16(14-18)20-10-12-22-24-20/h3-14H,1-2H3,(H,21,23)(H,22,24). The molecular formula is C20H20N4Si. The molecule has 0 bridgehead atoms. The van der Waals surface area contributed by atoms with Gasteiger partial charge in [0.15, 0.2) is 0 Å². The van der Waals surface area contributed by atoms with Crippen LogP contribution >= 0.6 is 0 Å². The Morgan fingerprint density at radius 2 is 1.16 bits per heavy atom. The SMILES string of the molecule is C[Si](C)(c1cccc(-c2ccn[nH]2)c1)c1cccc(-c2ccn[nH]2)c1. The van der Waals surface area contributed by atoms with Crippen molar-refractivity contribution >= 4 is 18.4 Å². The lowest BCUT2D eigenvalue weighted by atomic mass is 10.1. The quantitative estimate of drug-likeness (QED) is 0.558. The lowest BCUT2D eigenvalue weighted by Gasteiger charge is -2.25. The average Bonchev–Trinajstić information content (AvgIpc) is 3.36. The number of hydrogen-bond acceptors (Lipinski definition) is 2. The molecule has 0 fully saturated rings. The van der Waals surface area contributed by atoms with Crippen LogP contribution in [-0.2, 0) is 0 Å². The summed E-state index contributed by atoms with van der Waals surface area (Å²) in [6.45, 7) is 4.79. The average molecular weight is 344 g/mol. The summed E-state index contributed by atoms with van der Waals surface area (Å²) in [6.07, 6.45) is 3.58. The first-order valence-electron chi connectivity index (χ1n) is 8.35. The van der Waals surface area contributed by atoms with Gasteiger partial charge in [-0.3, -0.25) is 10.2 Å². The number of aromatic amines is 2. The first-order valence-corrected chi connectivity index (χ1v) is 11.4. The zero-order valence-electron chi connectivity index (χ0n) is 14.3. The molecule has 0 spiro atoms. The van der Waals surface area contributed by atoms with Gasteiger partial charge in [-0.1, -0.05) is 72.0 Å². The molecule has 0 aliphatic heterocycles. The summed E-state index contributed by atoms with van der Waals surface area (Å²) in [4.78, 5) is 0. The number of rotatable bonds is 4. The summed E-state index contributed by atoms with van der Waals surface area (Å²) in [7, 11) is -1.81. The molecule has 25 heavy (non-hydrogen) atoms. The van der Waals surface area contributed by atoms with Crippen LogP contribution in [0.15, 0.2) is 73.1 Å². The topological polar surface area (TPSA) is 57.4 Å². The minimum absolute atomic E-state index is 1.05. The third kappa shape index (κ3) is 2.94. The number of nitrogens with one attached hydrogen (secondary N) is 2. The van der Waals surface area contributed by atoms with Gasteiger partial charge in [-0.05, 0) is 23.3 Å². The Morgan fingerprint density at radius 1 is 0.680 bits per heavy atom.